The predicted molar refractivity (Wildman–Crippen MR) is 98.2 cm³/mol. The first kappa shape index (κ1) is 18.1. The molecule has 3 fully saturated rings. The van der Waals surface area contributed by atoms with Crippen LogP contribution in [0.3, 0.4) is 0 Å². The summed E-state index contributed by atoms with van der Waals surface area (Å²) >= 11 is 0. The van der Waals surface area contributed by atoms with Crippen molar-refractivity contribution < 1.29 is 19.8 Å². The van der Waals surface area contributed by atoms with E-state index in [0.717, 1.165) is 25.7 Å². The smallest absolute Gasteiger partial charge is 0.190 e. The van der Waals surface area contributed by atoms with Gasteiger partial charge in [0.15, 0.2) is 11.6 Å². The van der Waals surface area contributed by atoms with Crippen molar-refractivity contribution in [1.29, 1.82) is 0 Å². The minimum Gasteiger partial charge on any atom is -0.388 e. The molecule has 0 radical (unpaired) electrons. The van der Waals surface area contributed by atoms with Gasteiger partial charge in [-0.15, -0.1) is 0 Å². The van der Waals surface area contributed by atoms with Gasteiger partial charge >= 0.3 is 0 Å². The molecule has 0 aliphatic heterocycles. The quantitative estimate of drug-likeness (QED) is 0.796. The zero-order valence-corrected chi connectivity index (χ0v) is 16.0. The molecule has 4 nitrogen and oxygen atoms in total. The van der Waals surface area contributed by atoms with Gasteiger partial charge in [0.25, 0.3) is 0 Å². The number of fused-ring (bicyclic) bond motifs is 5. The Morgan fingerprint density at radius 3 is 2.73 bits per heavy atom. The number of allylic oxidation sites excluding steroid dienone is 4. The number of aliphatic hydroxyl groups excluding tert-OH is 1. The van der Waals surface area contributed by atoms with E-state index in [9.17, 15) is 19.8 Å². The molecule has 0 bridgehead atoms. The SMILES string of the molecule is CC1CC2(C)C(CCC2(O)C(=O)CO)C2CCC3=CC(=O)C=CC3(C)C12. The molecule has 4 aliphatic rings. The standard InChI is InChI=1S/C22H30O4/c1-13-11-21(3)17(7-9-22(21,26)18(25)12-23)16-5-4-14-10-15(24)6-8-20(14,2)19(13)16/h6,8,10,13,16-17,19,23,26H,4-5,7,9,11-12H2,1-3H3. The Kier molecular flexibility index (Phi) is 3.92. The first-order chi connectivity index (χ1) is 12.2. The normalized spacial score (nSPS) is 49.9. The minimum absolute atomic E-state index is 0.0907. The van der Waals surface area contributed by atoms with Gasteiger partial charge in [0.1, 0.15) is 12.2 Å². The summed E-state index contributed by atoms with van der Waals surface area (Å²) in [6.45, 7) is 5.98. The van der Waals surface area contributed by atoms with E-state index in [0.29, 0.717) is 24.2 Å². The van der Waals surface area contributed by atoms with Gasteiger partial charge in [-0.25, -0.2) is 0 Å². The van der Waals surface area contributed by atoms with E-state index in [1.807, 2.05) is 6.08 Å². The Bertz CT molecular complexity index is 722. The number of carbonyl (C=O) groups is 2. The summed E-state index contributed by atoms with van der Waals surface area (Å²) in [7, 11) is 0. The van der Waals surface area contributed by atoms with Gasteiger partial charge in [0, 0.05) is 10.8 Å². The van der Waals surface area contributed by atoms with Crippen LogP contribution >= 0.6 is 0 Å². The third-order valence-electron chi connectivity index (χ3n) is 8.56. The van der Waals surface area contributed by atoms with Gasteiger partial charge in [-0.05, 0) is 67.9 Å². The lowest BCUT2D eigenvalue weighted by Crippen LogP contribution is -2.59. The Hall–Kier alpha value is -1.26. The predicted octanol–water partition coefficient (Wildman–Crippen LogP) is 2.83. The molecule has 0 amide bonds. The van der Waals surface area contributed by atoms with Crippen molar-refractivity contribution in [3.05, 3.63) is 23.8 Å². The maximum Gasteiger partial charge on any atom is 0.190 e. The van der Waals surface area contributed by atoms with Crippen LogP contribution in [0.2, 0.25) is 0 Å². The Morgan fingerprint density at radius 2 is 2.04 bits per heavy atom. The monoisotopic (exact) mass is 358 g/mol. The summed E-state index contributed by atoms with van der Waals surface area (Å²) in [5, 5.41) is 20.7. The summed E-state index contributed by atoms with van der Waals surface area (Å²) in [5.41, 5.74) is -0.721. The molecule has 26 heavy (non-hydrogen) atoms. The van der Waals surface area contributed by atoms with Crippen LogP contribution in [0.1, 0.15) is 52.9 Å². The average molecular weight is 358 g/mol. The van der Waals surface area contributed by atoms with Crippen molar-refractivity contribution in [2.75, 3.05) is 6.61 Å². The molecule has 2 N–H and O–H groups in total. The van der Waals surface area contributed by atoms with E-state index < -0.39 is 23.4 Å². The maximum absolute atomic E-state index is 12.4. The lowest BCUT2D eigenvalue weighted by molar-refractivity contribution is -0.169. The number of aliphatic hydroxyl groups is 2. The molecule has 142 valence electrons. The second-order valence-electron chi connectivity index (χ2n) is 9.60. The molecule has 3 saturated carbocycles. The second-order valence-corrected chi connectivity index (χ2v) is 9.60. The number of hydrogen-bond acceptors (Lipinski definition) is 4. The van der Waals surface area contributed by atoms with Gasteiger partial charge < -0.3 is 10.2 Å². The van der Waals surface area contributed by atoms with Crippen molar-refractivity contribution in [3.63, 3.8) is 0 Å². The number of rotatable bonds is 2. The van der Waals surface area contributed by atoms with Crippen LogP contribution in [0.15, 0.2) is 23.8 Å². The summed E-state index contributed by atoms with van der Waals surface area (Å²) in [5.74, 6) is 1.16. The van der Waals surface area contributed by atoms with Gasteiger partial charge in [0.05, 0.1) is 0 Å². The lowest BCUT2D eigenvalue weighted by Gasteiger charge is -2.60. The lowest BCUT2D eigenvalue weighted by atomic mass is 9.44. The zero-order chi connectivity index (χ0) is 18.9. The van der Waals surface area contributed by atoms with Crippen molar-refractivity contribution in [2.45, 2.75) is 58.5 Å². The number of carbonyl (C=O) groups excluding carboxylic acids is 2. The molecule has 0 aromatic rings. The van der Waals surface area contributed by atoms with Crippen LogP contribution in [0.5, 0.6) is 0 Å². The van der Waals surface area contributed by atoms with Crippen LogP contribution in [-0.2, 0) is 9.59 Å². The van der Waals surface area contributed by atoms with E-state index in [1.165, 1.54) is 5.57 Å². The molecule has 7 atom stereocenters. The maximum atomic E-state index is 12.4. The molecule has 0 saturated heterocycles. The molecule has 0 aromatic carbocycles. The highest BCUT2D eigenvalue weighted by Crippen LogP contribution is 2.68. The van der Waals surface area contributed by atoms with Crippen LogP contribution in [0.25, 0.3) is 0 Å². The van der Waals surface area contributed by atoms with Gasteiger partial charge in [-0.2, -0.15) is 0 Å². The van der Waals surface area contributed by atoms with Crippen molar-refractivity contribution >= 4 is 11.6 Å². The van der Waals surface area contributed by atoms with Crippen molar-refractivity contribution in [3.8, 4) is 0 Å². The highest BCUT2D eigenvalue weighted by molar-refractivity contribution is 6.01. The van der Waals surface area contributed by atoms with Crippen LogP contribution < -0.4 is 0 Å². The second kappa shape index (κ2) is 5.62. The topological polar surface area (TPSA) is 74.6 Å². The molecule has 7 unspecified atom stereocenters. The molecule has 0 aromatic heterocycles. The number of ketones is 2. The first-order valence-electron chi connectivity index (χ1n) is 9.98. The number of Topliss-reactive ketones (excluding diaryl/α,β-unsaturated/α-hetero) is 1. The zero-order valence-electron chi connectivity index (χ0n) is 16.0. The van der Waals surface area contributed by atoms with E-state index >= 15 is 0 Å². The Morgan fingerprint density at radius 1 is 1.31 bits per heavy atom. The largest absolute Gasteiger partial charge is 0.388 e. The van der Waals surface area contributed by atoms with Crippen LogP contribution in [0, 0.1) is 34.5 Å². The molecule has 4 aliphatic carbocycles. The van der Waals surface area contributed by atoms with Crippen molar-refractivity contribution in [1.82, 2.24) is 0 Å². The molecule has 4 rings (SSSR count). The number of hydrogen-bond donors (Lipinski definition) is 2. The first-order valence-corrected chi connectivity index (χ1v) is 9.98. The third kappa shape index (κ3) is 2.09. The summed E-state index contributed by atoms with van der Waals surface area (Å²) in [4.78, 5) is 24.3. The fourth-order valence-corrected chi connectivity index (χ4v) is 7.48. The Labute approximate surface area is 155 Å². The Balaban J connectivity index is 1.75. The molecule has 0 heterocycles. The average Bonchev–Trinajstić information content (AvgIpc) is 2.86. The van der Waals surface area contributed by atoms with Gasteiger partial charge in [-0.3, -0.25) is 9.59 Å². The van der Waals surface area contributed by atoms with Crippen LogP contribution in [-0.4, -0.2) is 34.0 Å². The molecular formula is C22H30O4. The van der Waals surface area contributed by atoms with E-state index in [1.54, 1.807) is 6.08 Å². The van der Waals surface area contributed by atoms with Gasteiger partial charge in [-0.1, -0.05) is 32.4 Å². The highest BCUT2D eigenvalue weighted by atomic mass is 16.3. The van der Waals surface area contributed by atoms with E-state index in [2.05, 4.69) is 26.8 Å². The minimum atomic E-state index is -1.40. The molecule has 0 spiro atoms. The fraction of sp³-hybridized carbons (Fsp3) is 0.727. The van der Waals surface area contributed by atoms with Crippen molar-refractivity contribution in [2.24, 2.45) is 34.5 Å². The van der Waals surface area contributed by atoms with E-state index in [4.69, 9.17) is 0 Å². The van der Waals surface area contributed by atoms with Gasteiger partial charge in [0.2, 0.25) is 0 Å². The molecular weight excluding hydrogens is 328 g/mol. The highest BCUT2D eigenvalue weighted by Gasteiger charge is 2.67. The fourth-order valence-electron chi connectivity index (χ4n) is 7.48. The molecule has 4 heteroatoms. The summed E-state index contributed by atoms with van der Waals surface area (Å²) in [6.07, 6.45) is 9.67. The van der Waals surface area contributed by atoms with Crippen LogP contribution in [0.4, 0.5) is 0 Å². The summed E-state index contributed by atoms with van der Waals surface area (Å²) < 4.78 is 0. The summed E-state index contributed by atoms with van der Waals surface area (Å²) in [6, 6.07) is 0. The third-order valence-corrected chi connectivity index (χ3v) is 8.56. The van der Waals surface area contributed by atoms with E-state index in [-0.39, 0.29) is 17.1 Å².